The van der Waals surface area contributed by atoms with Gasteiger partial charge in [-0.25, -0.2) is 0 Å². The molecule has 0 unspecified atom stereocenters. The molecule has 160 valence electrons. The first kappa shape index (κ1) is 23.4. The number of benzene rings is 2. The van der Waals surface area contributed by atoms with Gasteiger partial charge in [-0.3, -0.25) is 9.35 Å². The van der Waals surface area contributed by atoms with Crippen molar-refractivity contribution in [2.75, 3.05) is 5.32 Å². The molecular weight excluding hydrogens is 386 g/mol. The molecule has 0 aliphatic carbocycles. The summed E-state index contributed by atoms with van der Waals surface area (Å²) < 4.78 is 32.5. The molecule has 0 bridgehead atoms. The van der Waals surface area contributed by atoms with E-state index < -0.39 is 10.1 Å². The Balaban J connectivity index is 1.78. The highest BCUT2D eigenvalue weighted by Gasteiger charge is 2.16. The smallest absolute Gasteiger partial charge is 0.295 e. The molecule has 5 nitrogen and oxygen atoms in total. The fraction of sp³-hybridized carbons (Fsp3) is 0.522. The largest absolute Gasteiger partial charge is 0.326 e. The molecule has 0 saturated carbocycles. The lowest BCUT2D eigenvalue weighted by atomic mass is 10.1. The second-order valence-corrected chi connectivity index (χ2v) is 9.00. The van der Waals surface area contributed by atoms with Gasteiger partial charge in [-0.2, -0.15) is 8.42 Å². The van der Waals surface area contributed by atoms with Gasteiger partial charge in [-0.05, 0) is 18.6 Å². The number of carbonyl (C=O) groups is 1. The molecule has 6 heteroatoms. The Morgan fingerprint density at radius 1 is 0.828 bits per heavy atom. The van der Waals surface area contributed by atoms with Gasteiger partial charge in [-0.15, -0.1) is 0 Å². The maximum absolute atomic E-state index is 12.3. The minimum Gasteiger partial charge on any atom is -0.326 e. The zero-order valence-electron chi connectivity index (χ0n) is 17.3. The lowest BCUT2D eigenvalue weighted by molar-refractivity contribution is -0.116. The molecule has 1 amide bonds. The van der Waals surface area contributed by atoms with Crippen LogP contribution in [0.1, 0.15) is 77.6 Å². The van der Waals surface area contributed by atoms with Crippen molar-refractivity contribution in [1.82, 2.24) is 0 Å². The summed E-state index contributed by atoms with van der Waals surface area (Å²) in [5.41, 5.74) is 0.560. The molecule has 0 spiro atoms. The van der Waals surface area contributed by atoms with E-state index in [4.69, 9.17) is 0 Å². The molecule has 2 aromatic carbocycles. The van der Waals surface area contributed by atoms with E-state index in [1.165, 1.54) is 57.1 Å². The Kier molecular flexibility index (Phi) is 9.61. The van der Waals surface area contributed by atoms with Crippen molar-refractivity contribution in [3.05, 3.63) is 36.4 Å². The van der Waals surface area contributed by atoms with Gasteiger partial charge in [0, 0.05) is 22.9 Å². The fourth-order valence-corrected chi connectivity index (χ4v) is 4.29. The van der Waals surface area contributed by atoms with Crippen LogP contribution in [0.3, 0.4) is 0 Å². The molecular formula is C23H33NO4S. The summed E-state index contributed by atoms with van der Waals surface area (Å²) >= 11 is 0. The van der Waals surface area contributed by atoms with Crippen molar-refractivity contribution in [3.8, 4) is 0 Å². The Hall–Kier alpha value is -1.92. The maximum Gasteiger partial charge on any atom is 0.295 e. The summed E-state index contributed by atoms with van der Waals surface area (Å²) in [6.07, 6.45) is 12.6. The van der Waals surface area contributed by atoms with E-state index in [-0.39, 0.29) is 10.8 Å². The average Bonchev–Trinajstić information content (AvgIpc) is 2.68. The van der Waals surface area contributed by atoms with E-state index in [1.54, 1.807) is 24.3 Å². The van der Waals surface area contributed by atoms with Crippen LogP contribution in [-0.4, -0.2) is 18.9 Å². The molecule has 0 aliphatic heterocycles. The van der Waals surface area contributed by atoms with Crippen molar-refractivity contribution in [2.24, 2.45) is 0 Å². The number of hydrogen-bond acceptors (Lipinski definition) is 3. The molecule has 2 rings (SSSR count). The van der Waals surface area contributed by atoms with Crippen LogP contribution in [0, 0.1) is 0 Å². The highest BCUT2D eigenvalue weighted by molar-refractivity contribution is 7.86. The second kappa shape index (κ2) is 11.9. The van der Waals surface area contributed by atoms with E-state index in [0.717, 1.165) is 19.3 Å². The highest BCUT2D eigenvalue weighted by atomic mass is 32.2. The van der Waals surface area contributed by atoms with Gasteiger partial charge in [0.1, 0.15) is 4.90 Å². The molecule has 0 saturated heterocycles. The summed E-state index contributed by atoms with van der Waals surface area (Å²) in [6, 6.07) is 9.69. The Bertz CT molecular complexity index is 893. The van der Waals surface area contributed by atoms with Gasteiger partial charge in [-0.1, -0.05) is 89.0 Å². The average molecular weight is 420 g/mol. The normalized spacial score (nSPS) is 11.7. The molecule has 0 aromatic heterocycles. The van der Waals surface area contributed by atoms with Gasteiger partial charge >= 0.3 is 0 Å². The number of hydrogen-bond donors (Lipinski definition) is 2. The minimum atomic E-state index is -4.32. The summed E-state index contributed by atoms with van der Waals surface area (Å²) in [6.45, 7) is 2.23. The first-order chi connectivity index (χ1) is 13.9. The third-order valence-electron chi connectivity index (χ3n) is 5.19. The van der Waals surface area contributed by atoms with Crippen LogP contribution in [0.2, 0.25) is 0 Å². The molecule has 0 aliphatic rings. The molecule has 0 fully saturated rings. The molecule has 2 N–H and O–H groups in total. The predicted molar refractivity (Wildman–Crippen MR) is 119 cm³/mol. The van der Waals surface area contributed by atoms with Crippen LogP contribution >= 0.6 is 0 Å². The third kappa shape index (κ3) is 7.78. The molecule has 0 heterocycles. The van der Waals surface area contributed by atoms with Crippen molar-refractivity contribution >= 4 is 32.5 Å². The van der Waals surface area contributed by atoms with Crippen LogP contribution < -0.4 is 5.32 Å². The Morgan fingerprint density at radius 2 is 1.38 bits per heavy atom. The van der Waals surface area contributed by atoms with Crippen molar-refractivity contribution in [2.45, 2.75) is 82.4 Å². The number of anilines is 1. The van der Waals surface area contributed by atoms with Crippen molar-refractivity contribution in [1.29, 1.82) is 0 Å². The van der Waals surface area contributed by atoms with Crippen LogP contribution in [0.5, 0.6) is 0 Å². The van der Waals surface area contributed by atoms with Gasteiger partial charge < -0.3 is 5.32 Å². The SMILES string of the molecule is CCCCCCCCCCCCC(=O)Nc1ccc(S(=O)(=O)O)c2ccccc12. The monoisotopic (exact) mass is 419 g/mol. The third-order valence-corrected chi connectivity index (χ3v) is 6.11. The van der Waals surface area contributed by atoms with Crippen LogP contribution in [0.15, 0.2) is 41.3 Å². The number of rotatable bonds is 13. The van der Waals surface area contributed by atoms with Gasteiger partial charge in [0.05, 0.1) is 0 Å². The topological polar surface area (TPSA) is 83.5 Å². The lowest BCUT2D eigenvalue weighted by Crippen LogP contribution is -2.12. The van der Waals surface area contributed by atoms with E-state index in [0.29, 0.717) is 22.9 Å². The first-order valence-electron chi connectivity index (χ1n) is 10.7. The second-order valence-electron chi connectivity index (χ2n) is 7.61. The highest BCUT2D eigenvalue weighted by Crippen LogP contribution is 2.29. The summed E-state index contributed by atoms with van der Waals surface area (Å²) in [7, 11) is -4.32. The van der Waals surface area contributed by atoms with Crippen molar-refractivity contribution < 1.29 is 17.8 Å². The Labute approximate surface area is 174 Å². The summed E-state index contributed by atoms with van der Waals surface area (Å²) in [5.74, 6) is -0.0747. The maximum atomic E-state index is 12.3. The number of unbranched alkanes of at least 4 members (excludes halogenated alkanes) is 9. The van der Waals surface area contributed by atoms with E-state index in [1.807, 2.05) is 0 Å². The standard InChI is InChI=1S/C23H33NO4S/c1-2-3-4-5-6-7-8-9-10-11-16-23(25)24-21-17-18-22(29(26,27)28)20-15-13-12-14-19(20)21/h12-15,17-18H,2-11,16H2,1H3,(H,24,25)(H,26,27,28). The number of fused-ring (bicyclic) bond motifs is 1. The minimum absolute atomic E-state index is 0.0747. The van der Waals surface area contributed by atoms with Crippen molar-refractivity contribution in [3.63, 3.8) is 0 Å². The molecule has 2 aromatic rings. The zero-order valence-corrected chi connectivity index (χ0v) is 18.1. The lowest BCUT2D eigenvalue weighted by Gasteiger charge is -2.11. The van der Waals surface area contributed by atoms with E-state index in [2.05, 4.69) is 12.2 Å². The quantitative estimate of drug-likeness (QED) is 0.293. The van der Waals surface area contributed by atoms with Crippen LogP contribution in [0.25, 0.3) is 10.8 Å². The fourth-order valence-electron chi connectivity index (χ4n) is 3.59. The zero-order chi connectivity index (χ0) is 21.1. The predicted octanol–water partition coefficient (Wildman–Crippen LogP) is 6.34. The van der Waals surface area contributed by atoms with Crippen LogP contribution in [0.4, 0.5) is 5.69 Å². The number of carbonyl (C=O) groups excluding carboxylic acids is 1. The molecule has 29 heavy (non-hydrogen) atoms. The van der Waals surface area contributed by atoms with Gasteiger partial charge in [0.15, 0.2) is 0 Å². The number of amides is 1. The van der Waals surface area contributed by atoms with Gasteiger partial charge in [0.25, 0.3) is 10.1 Å². The Morgan fingerprint density at radius 3 is 1.97 bits per heavy atom. The first-order valence-corrected chi connectivity index (χ1v) is 12.2. The molecule has 0 atom stereocenters. The number of nitrogens with one attached hydrogen (secondary N) is 1. The van der Waals surface area contributed by atoms with Crippen LogP contribution in [-0.2, 0) is 14.9 Å². The van der Waals surface area contributed by atoms with E-state index in [9.17, 15) is 17.8 Å². The summed E-state index contributed by atoms with van der Waals surface area (Å²) in [5, 5.41) is 3.87. The van der Waals surface area contributed by atoms with Gasteiger partial charge in [0.2, 0.25) is 5.91 Å². The molecule has 0 radical (unpaired) electrons. The summed E-state index contributed by atoms with van der Waals surface area (Å²) in [4.78, 5) is 12.1. The van der Waals surface area contributed by atoms with E-state index >= 15 is 0 Å².